The summed E-state index contributed by atoms with van der Waals surface area (Å²) in [5, 5.41) is 10.1. The first-order valence-corrected chi connectivity index (χ1v) is 11.8. The first-order valence-electron chi connectivity index (χ1n) is 10.4. The summed E-state index contributed by atoms with van der Waals surface area (Å²) in [6.45, 7) is 0.169. The summed E-state index contributed by atoms with van der Waals surface area (Å²) in [5.74, 6) is -0.144. The van der Waals surface area contributed by atoms with Crippen LogP contribution in [0.15, 0.2) is 88.7 Å². The molecule has 2 N–H and O–H groups in total. The molecule has 2 heterocycles. The highest BCUT2D eigenvalue weighted by Gasteiger charge is 2.23. The molecular weight excluding hydrogens is 456 g/mol. The first kappa shape index (κ1) is 23.0. The second-order valence-electron chi connectivity index (χ2n) is 7.36. The minimum Gasteiger partial charge on any atom is -0.495 e. The van der Waals surface area contributed by atoms with Gasteiger partial charge in [-0.25, -0.2) is 13.5 Å². The van der Waals surface area contributed by atoms with Gasteiger partial charge in [-0.2, -0.15) is 5.10 Å². The number of amides is 1. The minimum absolute atomic E-state index is 0.00109. The zero-order chi connectivity index (χ0) is 24.1. The third-order valence-electron chi connectivity index (χ3n) is 5.16. The summed E-state index contributed by atoms with van der Waals surface area (Å²) in [6, 6.07) is 11.1. The Labute approximate surface area is 196 Å². The van der Waals surface area contributed by atoms with Gasteiger partial charge in [-0.05, 0) is 30.3 Å². The number of hydrogen-bond donors (Lipinski definition) is 2. The summed E-state index contributed by atoms with van der Waals surface area (Å²) >= 11 is 0. The molecule has 2 aromatic carbocycles. The second kappa shape index (κ2) is 9.75. The predicted octanol–water partition coefficient (Wildman–Crippen LogP) is 2.74. The number of fused-ring (bicyclic) bond motifs is 1. The van der Waals surface area contributed by atoms with Crippen LogP contribution in [0.25, 0.3) is 10.8 Å². The minimum atomic E-state index is -3.87. The highest BCUT2D eigenvalue weighted by Crippen LogP contribution is 2.29. The lowest BCUT2D eigenvalue weighted by Crippen LogP contribution is -2.26. The monoisotopic (exact) mass is 478 g/mol. The number of allylic oxidation sites excluding steroid dienone is 4. The van der Waals surface area contributed by atoms with Crippen LogP contribution >= 0.6 is 0 Å². The first-order chi connectivity index (χ1) is 16.4. The summed E-state index contributed by atoms with van der Waals surface area (Å²) < 4.78 is 32.9. The third kappa shape index (κ3) is 4.76. The summed E-state index contributed by atoms with van der Waals surface area (Å²) in [4.78, 5) is 24.8. The number of nitrogens with one attached hydrogen (secondary N) is 2. The number of carbonyl (C=O) groups excluding carboxylic acids is 1. The van der Waals surface area contributed by atoms with Gasteiger partial charge in [-0.15, -0.1) is 0 Å². The SMILES string of the molecule is COc1ccc(S(=O)(=O)N2\C=C/C=C/C=C\C2)cc1NC(=O)Cc1n[nH]c(=O)c2ccccc12. The summed E-state index contributed by atoms with van der Waals surface area (Å²) in [7, 11) is -2.45. The van der Waals surface area contributed by atoms with E-state index >= 15 is 0 Å². The number of aromatic nitrogens is 2. The molecule has 34 heavy (non-hydrogen) atoms. The van der Waals surface area contributed by atoms with Gasteiger partial charge in [-0.3, -0.25) is 13.9 Å². The van der Waals surface area contributed by atoms with Gasteiger partial charge in [0.1, 0.15) is 5.75 Å². The van der Waals surface area contributed by atoms with Gasteiger partial charge in [-0.1, -0.05) is 42.5 Å². The topological polar surface area (TPSA) is 121 Å². The number of rotatable bonds is 6. The molecular formula is C24H22N4O5S. The summed E-state index contributed by atoms with van der Waals surface area (Å²) in [5.41, 5.74) is 0.248. The lowest BCUT2D eigenvalue weighted by molar-refractivity contribution is -0.115. The van der Waals surface area contributed by atoms with Crippen LogP contribution in [-0.4, -0.2) is 42.5 Å². The molecule has 0 unspecified atom stereocenters. The molecule has 0 aliphatic carbocycles. The van der Waals surface area contributed by atoms with E-state index in [0.29, 0.717) is 22.2 Å². The number of methoxy groups -OCH3 is 1. The smallest absolute Gasteiger partial charge is 0.272 e. The van der Waals surface area contributed by atoms with Crippen molar-refractivity contribution in [2.24, 2.45) is 0 Å². The maximum atomic E-state index is 13.2. The Morgan fingerprint density at radius 2 is 1.88 bits per heavy atom. The number of sulfonamides is 1. The Bertz CT molecular complexity index is 1490. The van der Waals surface area contributed by atoms with Crippen molar-refractivity contribution in [3.05, 3.63) is 95.1 Å². The van der Waals surface area contributed by atoms with Crippen LogP contribution in [-0.2, 0) is 21.2 Å². The molecule has 0 saturated carbocycles. The molecule has 0 saturated heterocycles. The predicted molar refractivity (Wildman–Crippen MR) is 129 cm³/mol. The zero-order valence-electron chi connectivity index (χ0n) is 18.3. The molecule has 174 valence electrons. The maximum absolute atomic E-state index is 13.2. The molecule has 10 heteroatoms. The molecule has 0 radical (unpaired) electrons. The number of hydrogen-bond acceptors (Lipinski definition) is 6. The fourth-order valence-electron chi connectivity index (χ4n) is 3.49. The van der Waals surface area contributed by atoms with Crippen molar-refractivity contribution in [3.63, 3.8) is 0 Å². The number of nitrogens with zero attached hydrogens (tertiary/aromatic N) is 2. The van der Waals surface area contributed by atoms with Crippen molar-refractivity contribution in [3.8, 4) is 5.75 Å². The quantitative estimate of drug-likeness (QED) is 0.562. The number of ether oxygens (including phenoxy) is 1. The van der Waals surface area contributed by atoms with Crippen LogP contribution in [0.5, 0.6) is 5.75 Å². The van der Waals surface area contributed by atoms with Crippen LogP contribution in [0.3, 0.4) is 0 Å². The number of H-pyrrole nitrogens is 1. The van der Waals surface area contributed by atoms with E-state index < -0.39 is 15.9 Å². The maximum Gasteiger partial charge on any atom is 0.272 e. The normalized spacial score (nSPS) is 16.3. The van der Waals surface area contributed by atoms with E-state index in [1.165, 1.54) is 35.8 Å². The molecule has 1 amide bonds. The number of benzene rings is 2. The van der Waals surface area contributed by atoms with Crippen LogP contribution in [0.1, 0.15) is 5.69 Å². The van der Waals surface area contributed by atoms with Gasteiger partial charge >= 0.3 is 0 Å². The van der Waals surface area contributed by atoms with E-state index in [1.807, 2.05) is 6.08 Å². The van der Waals surface area contributed by atoms with Crippen molar-refractivity contribution in [1.29, 1.82) is 0 Å². The van der Waals surface area contributed by atoms with E-state index in [0.717, 1.165) is 0 Å². The Balaban J connectivity index is 1.62. The van der Waals surface area contributed by atoms with Gasteiger partial charge in [0.05, 0.1) is 41.7 Å². The summed E-state index contributed by atoms with van der Waals surface area (Å²) in [6.07, 6.45) is 10.0. The lowest BCUT2D eigenvalue weighted by atomic mass is 10.1. The van der Waals surface area contributed by atoms with E-state index in [4.69, 9.17) is 4.74 Å². The average molecular weight is 479 g/mol. The Morgan fingerprint density at radius 3 is 2.68 bits per heavy atom. The van der Waals surface area contributed by atoms with Crippen molar-refractivity contribution in [1.82, 2.24) is 14.5 Å². The molecule has 0 fully saturated rings. The zero-order valence-corrected chi connectivity index (χ0v) is 19.1. The van der Waals surface area contributed by atoms with Gasteiger partial charge < -0.3 is 10.1 Å². The highest BCUT2D eigenvalue weighted by molar-refractivity contribution is 7.89. The number of aromatic amines is 1. The molecule has 0 bridgehead atoms. The van der Waals surface area contributed by atoms with Crippen molar-refractivity contribution in [2.75, 3.05) is 19.0 Å². The Kier molecular flexibility index (Phi) is 6.60. The number of carbonyl (C=O) groups is 1. The molecule has 0 spiro atoms. The number of anilines is 1. The largest absolute Gasteiger partial charge is 0.495 e. The van der Waals surface area contributed by atoms with Crippen LogP contribution < -0.4 is 15.6 Å². The van der Waals surface area contributed by atoms with Crippen molar-refractivity contribution >= 4 is 32.4 Å². The molecule has 4 rings (SSSR count). The molecule has 3 aromatic rings. The van der Waals surface area contributed by atoms with Crippen molar-refractivity contribution < 1.29 is 17.9 Å². The average Bonchev–Trinajstić information content (AvgIpc) is 2.80. The molecule has 1 aliphatic rings. The van der Waals surface area contributed by atoms with Gasteiger partial charge in [0.15, 0.2) is 0 Å². The standard InChI is InChI=1S/C24H22N4O5S/c1-33-22-12-11-17(34(31,32)28-13-7-3-2-4-8-14-28)15-21(22)25-23(29)16-20-18-9-5-6-10-19(18)24(30)27-26-20/h2-13,15H,14,16H2,1H3,(H,25,29)(H,27,30)/b3-2+,8-4-,13-7-. The molecule has 0 atom stereocenters. The van der Waals surface area contributed by atoms with Crippen molar-refractivity contribution in [2.45, 2.75) is 11.3 Å². The third-order valence-corrected chi connectivity index (χ3v) is 6.90. The second-order valence-corrected chi connectivity index (χ2v) is 9.25. The highest BCUT2D eigenvalue weighted by atomic mass is 32.2. The lowest BCUT2D eigenvalue weighted by Gasteiger charge is -2.20. The molecule has 9 nitrogen and oxygen atoms in total. The Morgan fingerprint density at radius 1 is 1.12 bits per heavy atom. The van der Waals surface area contributed by atoms with E-state index in [9.17, 15) is 18.0 Å². The molecule has 1 aliphatic heterocycles. The van der Waals surface area contributed by atoms with Gasteiger partial charge in [0, 0.05) is 11.6 Å². The van der Waals surface area contributed by atoms with Crippen LogP contribution in [0.4, 0.5) is 5.69 Å². The van der Waals surface area contributed by atoms with Gasteiger partial charge in [0.25, 0.3) is 15.6 Å². The van der Waals surface area contributed by atoms with Crippen LogP contribution in [0.2, 0.25) is 0 Å². The van der Waals surface area contributed by atoms with Crippen LogP contribution in [0, 0.1) is 0 Å². The Hall–Kier alpha value is -4.18. The van der Waals surface area contributed by atoms with E-state index in [2.05, 4.69) is 15.5 Å². The fraction of sp³-hybridized carbons (Fsp3) is 0.125. The molecule has 1 aromatic heterocycles. The van der Waals surface area contributed by atoms with E-state index in [-0.39, 0.29) is 29.1 Å². The van der Waals surface area contributed by atoms with E-state index in [1.54, 1.807) is 48.6 Å². The van der Waals surface area contributed by atoms with Gasteiger partial charge in [0.2, 0.25) is 5.91 Å². The fourth-order valence-corrected chi connectivity index (χ4v) is 4.78.